The molecule has 2 nitrogen and oxygen atoms in total. The smallest absolute Gasteiger partial charge is 0.255 e. The number of rotatable bonds is 6. The van der Waals surface area contributed by atoms with Gasteiger partial charge >= 0.3 is 0 Å². The standard InChI is InChI=1S/C8H11F4NO/c1-2-8(14)13(5-7(11)12)4-3-6(9)10/h2,6-7H,1,3-5H2. The highest BCUT2D eigenvalue weighted by atomic mass is 19.3. The molecule has 0 heterocycles. The van der Waals surface area contributed by atoms with Crippen molar-refractivity contribution < 1.29 is 22.4 Å². The largest absolute Gasteiger partial charge is 0.333 e. The van der Waals surface area contributed by atoms with Gasteiger partial charge in [0.15, 0.2) is 0 Å². The van der Waals surface area contributed by atoms with Crippen molar-refractivity contribution >= 4 is 5.91 Å². The number of carbonyl (C=O) groups is 1. The average Bonchev–Trinajstić information content (AvgIpc) is 2.10. The molecule has 0 aromatic carbocycles. The number of halogens is 4. The van der Waals surface area contributed by atoms with Gasteiger partial charge in [-0.2, -0.15) is 0 Å². The Hall–Kier alpha value is -1.07. The highest BCUT2D eigenvalue weighted by Crippen LogP contribution is 2.05. The van der Waals surface area contributed by atoms with Crippen molar-refractivity contribution in [3.8, 4) is 0 Å². The summed E-state index contributed by atoms with van der Waals surface area (Å²) in [6.45, 7) is 1.87. The van der Waals surface area contributed by atoms with E-state index in [9.17, 15) is 22.4 Å². The number of carbonyl (C=O) groups excluding carboxylic acids is 1. The van der Waals surface area contributed by atoms with Crippen LogP contribution in [-0.2, 0) is 4.79 Å². The Kier molecular flexibility index (Phi) is 5.91. The lowest BCUT2D eigenvalue weighted by Crippen LogP contribution is -2.35. The average molecular weight is 213 g/mol. The van der Waals surface area contributed by atoms with E-state index >= 15 is 0 Å². The fraction of sp³-hybridized carbons (Fsp3) is 0.625. The van der Waals surface area contributed by atoms with Gasteiger partial charge in [0.25, 0.3) is 6.43 Å². The van der Waals surface area contributed by atoms with Crippen LogP contribution in [0.4, 0.5) is 17.6 Å². The Bertz CT molecular complexity index is 196. The quantitative estimate of drug-likeness (QED) is 0.487. The van der Waals surface area contributed by atoms with Crippen LogP contribution < -0.4 is 0 Å². The zero-order chi connectivity index (χ0) is 11.1. The van der Waals surface area contributed by atoms with Crippen molar-refractivity contribution in [2.45, 2.75) is 19.3 Å². The molecule has 0 atom stereocenters. The van der Waals surface area contributed by atoms with Crippen LogP contribution >= 0.6 is 0 Å². The van der Waals surface area contributed by atoms with Gasteiger partial charge in [-0.05, 0) is 6.08 Å². The van der Waals surface area contributed by atoms with Gasteiger partial charge < -0.3 is 4.90 Å². The maximum atomic E-state index is 11.9. The molecule has 0 radical (unpaired) electrons. The summed E-state index contributed by atoms with van der Waals surface area (Å²) in [5.41, 5.74) is 0. The first-order valence-electron chi connectivity index (χ1n) is 3.95. The minimum atomic E-state index is -2.73. The second-order valence-corrected chi connectivity index (χ2v) is 2.56. The van der Waals surface area contributed by atoms with Gasteiger partial charge in [-0.1, -0.05) is 6.58 Å². The third kappa shape index (κ3) is 5.55. The molecule has 6 heteroatoms. The minimum Gasteiger partial charge on any atom is -0.333 e. The normalized spacial score (nSPS) is 10.7. The van der Waals surface area contributed by atoms with Crippen molar-refractivity contribution in [2.75, 3.05) is 13.1 Å². The molecule has 0 saturated heterocycles. The van der Waals surface area contributed by atoms with E-state index in [1.54, 1.807) is 0 Å². The molecular weight excluding hydrogens is 202 g/mol. The van der Waals surface area contributed by atoms with E-state index in [-0.39, 0.29) is 6.54 Å². The third-order valence-corrected chi connectivity index (χ3v) is 1.46. The zero-order valence-electron chi connectivity index (χ0n) is 7.43. The Morgan fingerprint density at radius 2 is 1.86 bits per heavy atom. The van der Waals surface area contributed by atoms with Crippen LogP contribution in [0.1, 0.15) is 6.42 Å². The lowest BCUT2D eigenvalue weighted by molar-refractivity contribution is -0.128. The Balaban J connectivity index is 4.10. The first-order valence-corrected chi connectivity index (χ1v) is 3.95. The van der Waals surface area contributed by atoms with E-state index in [1.807, 2.05) is 0 Å². The molecule has 0 aliphatic carbocycles. The van der Waals surface area contributed by atoms with Crippen LogP contribution in [0.15, 0.2) is 12.7 Å². The summed E-state index contributed by atoms with van der Waals surface area (Å²) < 4.78 is 47.3. The topological polar surface area (TPSA) is 20.3 Å². The van der Waals surface area contributed by atoms with Crippen molar-refractivity contribution in [3.05, 3.63) is 12.7 Å². The van der Waals surface area contributed by atoms with Crippen LogP contribution in [0.3, 0.4) is 0 Å². The third-order valence-electron chi connectivity index (χ3n) is 1.46. The van der Waals surface area contributed by atoms with Crippen molar-refractivity contribution in [3.63, 3.8) is 0 Å². The molecule has 0 bridgehead atoms. The zero-order valence-corrected chi connectivity index (χ0v) is 7.43. The number of hydrogen-bond donors (Lipinski definition) is 0. The summed E-state index contributed by atoms with van der Waals surface area (Å²) >= 11 is 0. The van der Waals surface area contributed by atoms with Crippen molar-refractivity contribution in [1.82, 2.24) is 4.90 Å². The Labute approximate surface area is 79.2 Å². The van der Waals surface area contributed by atoms with E-state index in [4.69, 9.17) is 0 Å². The number of alkyl halides is 4. The monoisotopic (exact) mass is 213 g/mol. The van der Waals surface area contributed by atoms with Crippen LogP contribution in [0, 0.1) is 0 Å². The summed E-state index contributed by atoms with van der Waals surface area (Å²) in [6, 6.07) is 0. The summed E-state index contributed by atoms with van der Waals surface area (Å²) in [7, 11) is 0. The van der Waals surface area contributed by atoms with Crippen LogP contribution in [0.25, 0.3) is 0 Å². The molecule has 0 aromatic rings. The van der Waals surface area contributed by atoms with Crippen LogP contribution in [-0.4, -0.2) is 36.7 Å². The second kappa shape index (κ2) is 6.39. The van der Waals surface area contributed by atoms with Crippen LogP contribution in [0.2, 0.25) is 0 Å². The molecule has 0 rings (SSSR count). The fourth-order valence-electron chi connectivity index (χ4n) is 0.841. The van der Waals surface area contributed by atoms with E-state index in [1.165, 1.54) is 0 Å². The van der Waals surface area contributed by atoms with Gasteiger partial charge in [-0.25, -0.2) is 17.6 Å². The molecule has 1 amide bonds. The number of nitrogens with zero attached hydrogens (tertiary/aromatic N) is 1. The van der Waals surface area contributed by atoms with E-state index in [0.717, 1.165) is 6.08 Å². The molecule has 0 saturated carbocycles. The SMILES string of the molecule is C=CC(=O)N(CCC(F)F)CC(F)F. The summed E-state index contributed by atoms with van der Waals surface area (Å²) in [5.74, 6) is -0.758. The number of amides is 1. The molecule has 0 aliphatic rings. The molecule has 0 unspecified atom stereocenters. The van der Waals surface area contributed by atoms with E-state index in [0.29, 0.717) is 4.90 Å². The lowest BCUT2D eigenvalue weighted by atomic mass is 10.3. The van der Waals surface area contributed by atoms with Crippen LogP contribution in [0.5, 0.6) is 0 Å². The molecule has 0 fully saturated rings. The summed E-state index contributed by atoms with van der Waals surface area (Å²) in [6.07, 6.45) is -5.11. The number of hydrogen-bond acceptors (Lipinski definition) is 1. The lowest BCUT2D eigenvalue weighted by Gasteiger charge is -2.20. The highest BCUT2D eigenvalue weighted by Gasteiger charge is 2.17. The van der Waals surface area contributed by atoms with Crippen molar-refractivity contribution in [2.24, 2.45) is 0 Å². The maximum Gasteiger partial charge on any atom is 0.255 e. The van der Waals surface area contributed by atoms with Gasteiger partial charge in [-0.15, -0.1) is 0 Å². The second-order valence-electron chi connectivity index (χ2n) is 2.56. The molecule has 0 spiro atoms. The summed E-state index contributed by atoms with van der Waals surface area (Å²) in [4.78, 5) is 11.5. The molecule has 0 aliphatic heterocycles. The first-order chi connectivity index (χ1) is 6.47. The van der Waals surface area contributed by atoms with E-state index in [2.05, 4.69) is 6.58 Å². The first kappa shape index (κ1) is 12.9. The molecule has 0 aromatic heterocycles. The predicted octanol–water partition coefficient (Wildman–Crippen LogP) is 1.92. The predicted molar refractivity (Wildman–Crippen MR) is 43.4 cm³/mol. The Morgan fingerprint density at radius 3 is 2.21 bits per heavy atom. The fourth-order valence-corrected chi connectivity index (χ4v) is 0.841. The van der Waals surface area contributed by atoms with Gasteiger partial charge in [0.05, 0.1) is 6.54 Å². The molecule has 14 heavy (non-hydrogen) atoms. The minimum absolute atomic E-state index is 0.382. The highest BCUT2D eigenvalue weighted by molar-refractivity contribution is 5.86. The Morgan fingerprint density at radius 1 is 1.29 bits per heavy atom. The molecule has 82 valence electrons. The van der Waals surface area contributed by atoms with Crippen molar-refractivity contribution in [1.29, 1.82) is 0 Å². The van der Waals surface area contributed by atoms with Gasteiger partial charge in [-0.3, -0.25) is 4.79 Å². The molecule has 0 N–H and O–H groups in total. The maximum absolute atomic E-state index is 11.9. The summed E-state index contributed by atoms with van der Waals surface area (Å²) in [5, 5.41) is 0. The van der Waals surface area contributed by atoms with Gasteiger partial charge in [0.2, 0.25) is 12.3 Å². The van der Waals surface area contributed by atoms with Gasteiger partial charge in [0.1, 0.15) is 0 Å². The van der Waals surface area contributed by atoms with Gasteiger partial charge in [0, 0.05) is 13.0 Å². The molecular formula is C8H11F4NO. The van der Waals surface area contributed by atoms with E-state index < -0.39 is 31.7 Å².